The van der Waals surface area contributed by atoms with Gasteiger partial charge >= 0.3 is 6.09 Å². The Morgan fingerprint density at radius 3 is 2.85 bits per heavy atom. The second-order valence-electron chi connectivity index (χ2n) is 10.8. The number of nitrogens with zero attached hydrogens (tertiary/aromatic N) is 6. The normalized spacial score (nSPS) is 20.4. The third kappa shape index (κ3) is 6.74. The second kappa shape index (κ2) is 11.8. The average Bonchev–Trinajstić information content (AvgIpc) is 3.44. The van der Waals surface area contributed by atoms with Crippen molar-refractivity contribution in [1.82, 2.24) is 29.7 Å². The summed E-state index contributed by atoms with van der Waals surface area (Å²) in [6.07, 6.45) is 6.12. The van der Waals surface area contributed by atoms with Crippen molar-refractivity contribution in [3.05, 3.63) is 39.2 Å². The first-order valence-corrected chi connectivity index (χ1v) is 14.3. The molecule has 0 saturated carbocycles. The van der Waals surface area contributed by atoms with E-state index in [4.69, 9.17) is 25.8 Å². The molecule has 2 atom stereocenters. The Morgan fingerprint density at radius 1 is 1.23 bits per heavy atom. The number of amides is 1. The molecule has 0 bridgehead atoms. The molecule has 0 N–H and O–H groups in total. The number of halogens is 2. The fourth-order valence-corrected chi connectivity index (χ4v) is 5.64. The van der Waals surface area contributed by atoms with Gasteiger partial charge in [0.2, 0.25) is 0 Å². The molecule has 12 heteroatoms. The summed E-state index contributed by atoms with van der Waals surface area (Å²) in [4.78, 5) is 15.8. The number of fused-ring (bicyclic) bond motifs is 1. The predicted molar refractivity (Wildman–Crippen MR) is 149 cm³/mol. The molecular weight excluding hydrogens is 588 g/mol. The van der Waals surface area contributed by atoms with Crippen LogP contribution in [0.3, 0.4) is 0 Å². The van der Waals surface area contributed by atoms with Crippen molar-refractivity contribution < 1.29 is 19.0 Å². The maximum Gasteiger partial charge on any atom is 0.410 e. The summed E-state index contributed by atoms with van der Waals surface area (Å²) in [5.74, 6) is 6.23. The van der Waals surface area contributed by atoms with E-state index in [1.807, 2.05) is 37.7 Å². The van der Waals surface area contributed by atoms with E-state index in [1.54, 1.807) is 15.9 Å². The highest BCUT2D eigenvalue weighted by molar-refractivity contribution is 9.10. The predicted octanol–water partition coefficient (Wildman–Crippen LogP) is 5.03. The van der Waals surface area contributed by atoms with E-state index in [0.717, 1.165) is 41.2 Å². The van der Waals surface area contributed by atoms with E-state index < -0.39 is 5.60 Å². The van der Waals surface area contributed by atoms with Crippen molar-refractivity contribution >= 4 is 44.5 Å². The Morgan fingerprint density at radius 2 is 2.08 bits per heavy atom. The van der Waals surface area contributed by atoms with E-state index in [-0.39, 0.29) is 18.2 Å². The molecule has 0 spiro atoms. The monoisotopic (exact) mass is 618 g/mol. The zero-order valence-electron chi connectivity index (χ0n) is 22.3. The van der Waals surface area contributed by atoms with Crippen LogP contribution in [0.2, 0.25) is 5.02 Å². The number of carbonyl (C=O) groups excluding carboxylic acids is 1. The minimum atomic E-state index is -0.552. The summed E-state index contributed by atoms with van der Waals surface area (Å²) in [6.45, 7) is 8.75. The maximum absolute atomic E-state index is 12.6. The lowest BCUT2D eigenvalue weighted by Crippen LogP contribution is -2.40. The van der Waals surface area contributed by atoms with Gasteiger partial charge in [-0.05, 0) is 68.0 Å². The van der Waals surface area contributed by atoms with Crippen LogP contribution in [-0.2, 0) is 20.8 Å². The third-order valence-electron chi connectivity index (χ3n) is 6.48. The Kier molecular flexibility index (Phi) is 8.47. The summed E-state index contributed by atoms with van der Waals surface area (Å²) in [7, 11) is 0. The van der Waals surface area contributed by atoms with Gasteiger partial charge in [-0.2, -0.15) is 15.0 Å². The van der Waals surface area contributed by atoms with Gasteiger partial charge in [0.05, 0.1) is 48.3 Å². The number of carbonyl (C=O) groups is 1. The molecule has 1 aromatic carbocycles. The van der Waals surface area contributed by atoms with Gasteiger partial charge < -0.3 is 19.1 Å². The van der Waals surface area contributed by atoms with Crippen molar-refractivity contribution in [3.63, 3.8) is 0 Å². The fourth-order valence-electron chi connectivity index (χ4n) is 4.66. The smallest absolute Gasteiger partial charge is 0.410 e. The van der Waals surface area contributed by atoms with Crippen molar-refractivity contribution in [2.24, 2.45) is 5.92 Å². The van der Waals surface area contributed by atoms with Gasteiger partial charge in [0, 0.05) is 35.5 Å². The van der Waals surface area contributed by atoms with E-state index in [1.165, 1.54) is 0 Å². The van der Waals surface area contributed by atoms with Gasteiger partial charge in [-0.15, -0.1) is 5.10 Å². The lowest BCUT2D eigenvalue weighted by Gasteiger charge is -2.27. The van der Waals surface area contributed by atoms with Crippen molar-refractivity contribution in [2.45, 2.75) is 58.4 Å². The van der Waals surface area contributed by atoms with Crippen LogP contribution in [0.25, 0.3) is 10.9 Å². The number of benzene rings is 1. The molecule has 0 aliphatic carbocycles. The zero-order chi connectivity index (χ0) is 27.6. The van der Waals surface area contributed by atoms with Crippen molar-refractivity contribution in [1.29, 1.82) is 0 Å². The summed E-state index contributed by atoms with van der Waals surface area (Å²) >= 11 is 10.3. The molecule has 4 heterocycles. The Hall–Kier alpha value is -2.65. The zero-order valence-corrected chi connectivity index (χ0v) is 24.7. The first kappa shape index (κ1) is 27.9. The molecule has 1 amide bonds. The quantitative estimate of drug-likeness (QED) is 0.380. The van der Waals surface area contributed by atoms with Crippen LogP contribution < -0.4 is 0 Å². The van der Waals surface area contributed by atoms with Crippen LogP contribution in [0, 0.1) is 17.8 Å². The summed E-state index contributed by atoms with van der Waals surface area (Å²) in [6, 6.07) is 1.88. The molecule has 2 aromatic heterocycles. The van der Waals surface area contributed by atoms with Crippen LogP contribution in [0.5, 0.6) is 0 Å². The number of aromatic nitrogens is 5. The van der Waals surface area contributed by atoms with Gasteiger partial charge in [-0.3, -0.25) is 0 Å². The van der Waals surface area contributed by atoms with Gasteiger partial charge in [0.25, 0.3) is 0 Å². The molecule has 10 nitrogen and oxygen atoms in total. The molecule has 5 rings (SSSR count). The van der Waals surface area contributed by atoms with Crippen molar-refractivity contribution in [2.75, 3.05) is 32.9 Å². The minimum absolute atomic E-state index is 0.0175. The van der Waals surface area contributed by atoms with Crippen LogP contribution in [-0.4, -0.2) is 74.3 Å². The van der Waals surface area contributed by atoms with Gasteiger partial charge in [-0.25, -0.2) is 9.48 Å². The highest BCUT2D eigenvalue weighted by Crippen LogP contribution is 2.35. The first-order chi connectivity index (χ1) is 18.7. The van der Waals surface area contributed by atoms with Crippen LogP contribution in [0.15, 0.2) is 22.9 Å². The van der Waals surface area contributed by atoms with Crippen LogP contribution in [0.1, 0.15) is 57.5 Å². The average molecular weight is 620 g/mol. The Balaban J connectivity index is 1.29. The molecule has 2 aliphatic rings. The fraction of sp³-hybridized carbons (Fsp3) is 0.556. The number of hydrogen-bond donors (Lipinski definition) is 0. The molecule has 39 heavy (non-hydrogen) atoms. The molecule has 0 radical (unpaired) electrons. The van der Waals surface area contributed by atoms with Crippen molar-refractivity contribution in [3.8, 4) is 11.8 Å². The third-order valence-corrected chi connectivity index (χ3v) is 7.61. The second-order valence-corrected chi connectivity index (χ2v) is 12.0. The topological polar surface area (TPSA) is 96.5 Å². The number of hydrogen-bond acceptors (Lipinski definition) is 7. The molecule has 2 fully saturated rings. The SMILES string of the molecule is CC(C)(C)OC(=O)N1CCOCC(Cn2ncc(C#Cc3c(Cl)cc4c(cnn4C4CCCCO4)c3Br)n2)C1. The minimum Gasteiger partial charge on any atom is -0.444 e. The van der Waals surface area contributed by atoms with Gasteiger partial charge in [-0.1, -0.05) is 17.5 Å². The lowest BCUT2D eigenvalue weighted by atomic mass is 10.1. The molecule has 3 aromatic rings. The summed E-state index contributed by atoms with van der Waals surface area (Å²) in [5, 5.41) is 14.9. The van der Waals surface area contributed by atoms with E-state index in [2.05, 4.69) is 43.1 Å². The standard InChI is InChI=1S/C27H32BrClN6O4/c1-27(2,3)39-26(36)33-9-11-37-17-18(15-33)16-34-30-13-19(32-34)7-8-20-22(29)12-23-21(25(20)28)14-31-35(23)24-6-4-5-10-38-24/h12-14,18,24H,4-6,9-11,15-17H2,1-3H3. The van der Waals surface area contributed by atoms with E-state index >= 15 is 0 Å². The first-order valence-electron chi connectivity index (χ1n) is 13.1. The molecule has 2 unspecified atom stereocenters. The highest BCUT2D eigenvalue weighted by atomic mass is 79.9. The van der Waals surface area contributed by atoms with Gasteiger partial charge in [0.15, 0.2) is 11.9 Å². The Labute approximate surface area is 241 Å². The molecule has 208 valence electrons. The lowest BCUT2D eigenvalue weighted by molar-refractivity contribution is -0.0366. The highest BCUT2D eigenvalue weighted by Gasteiger charge is 2.27. The Bertz CT molecular complexity index is 1400. The molecule has 2 aliphatic heterocycles. The number of rotatable bonds is 3. The van der Waals surface area contributed by atoms with Crippen LogP contribution >= 0.6 is 27.5 Å². The van der Waals surface area contributed by atoms with Gasteiger partial charge in [0.1, 0.15) is 5.60 Å². The summed E-state index contributed by atoms with van der Waals surface area (Å²) in [5.41, 5.74) is 1.53. The molecular formula is C27H32BrClN6O4. The van der Waals surface area contributed by atoms with E-state index in [9.17, 15) is 4.79 Å². The maximum atomic E-state index is 12.6. The number of ether oxygens (including phenoxy) is 3. The molecule has 2 saturated heterocycles. The van der Waals surface area contributed by atoms with Crippen LogP contribution in [0.4, 0.5) is 4.79 Å². The largest absolute Gasteiger partial charge is 0.444 e. The van der Waals surface area contributed by atoms with E-state index in [0.29, 0.717) is 49.1 Å². The summed E-state index contributed by atoms with van der Waals surface area (Å²) < 4.78 is 19.8.